The first-order valence-electron chi connectivity index (χ1n) is 6.79. The molecule has 1 aliphatic carbocycles. The third-order valence-corrected chi connectivity index (χ3v) is 5.26. The highest BCUT2D eigenvalue weighted by Crippen LogP contribution is 2.46. The first kappa shape index (κ1) is 13.5. The summed E-state index contributed by atoms with van der Waals surface area (Å²) in [5.41, 5.74) is 0.624. The monoisotopic (exact) mass is 291 g/mol. The van der Waals surface area contributed by atoms with E-state index in [1.165, 1.54) is 0 Å². The van der Waals surface area contributed by atoms with E-state index in [9.17, 15) is 4.79 Å². The highest BCUT2D eigenvalue weighted by Gasteiger charge is 2.39. The molecule has 0 aromatic heterocycles. The maximum Gasteiger partial charge on any atom is 0.235 e. The maximum atomic E-state index is 10.7. The molecule has 0 N–H and O–H groups in total. The van der Waals surface area contributed by atoms with Crippen LogP contribution in [-0.4, -0.2) is 30.8 Å². The summed E-state index contributed by atoms with van der Waals surface area (Å²) in [6, 6.07) is 5.86. The molecule has 106 valence electrons. The molecule has 0 radical (unpaired) electrons. The summed E-state index contributed by atoms with van der Waals surface area (Å²) in [5.74, 6) is 3.55. The molecule has 3 rings (SSSR count). The number of nitrogens with zero attached hydrogens (tertiary/aromatic N) is 1. The number of benzene rings is 1. The Morgan fingerprint density at radius 1 is 1.35 bits per heavy atom. The van der Waals surface area contributed by atoms with E-state index in [4.69, 9.17) is 9.47 Å². The van der Waals surface area contributed by atoms with E-state index in [-0.39, 0.29) is 11.6 Å². The van der Waals surface area contributed by atoms with Crippen molar-refractivity contribution in [2.45, 2.75) is 30.9 Å². The van der Waals surface area contributed by atoms with Gasteiger partial charge in [0, 0.05) is 11.5 Å². The summed E-state index contributed by atoms with van der Waals surface area (Å²) >= 11 is 1.88. The minimum Gasteiger partial charge on any atom is -0.493 e. The van der Waals surface area contributed by atoms with Crippen molar-refractivity contribution < 1.29 is 14.3 Å². The van der Waals surface area contributed by atoms with E-state index in [0.29, 0.717) is 5.75 Å². The number of aliphatic imine (C=N–C) groups is 1. The van der Waals surface area contributed by atoms with Crippen molar-refractivity contribution in [1.29, 1.82) is 0 Å². The van der Waals surface area contributed by atoms with E-state index in [0.717, 1.165) is 42.1 Å². The molecule has 0 bridgehead atoms. The average Bonchev–Trinajstić information content (AvgIpc) is 2.38. The number of hydrogen-bond acceptors (Lipinski definition) is 5. The van der Waals surface area contributed by atoms with Crippen LogP contribution in [0.1, 0.15) is 24.8 Å². The van der Waals surface area contributed by atoms with Crippen LogP contribution in [0.25, 0.3) is 0 Å². The van der Waals surface area contributed by atoms with Gasteiger partial charge in [0.1, 0.15) is 6.10 Å². The SMILES string of the molecule is COc1cc(C2(N=C=O)CCC2)ccc1OC1CSC1. The molecule has 4 nitrogen and oxygen atoms in total. The molecule has 2 fully saturated rings. The lowest BCUT2D eigenvalue weighted by molar-refractivity contribution is 0.226. The molecule has 1 aliphatic heterocycles. The van der Waals surface area contributed by atoms with Crippen LogP contribution in [0.15, 0.2) is 23.2 Å². The predicted molar refractivity (Wildman–Crippen MR) is 78.4 cm³/mol. The van der Waals surface area contributed by atoms with Gasteiger partial charge in [-0.2, -0.15) is 16.8 Å². The summed E-state index contributed by atoms with van der Waals surface area (Å²) in [6.45, 7) is 0. The van der Waals surface area contributed by atoms with E-state index in [1.54, 1.807) is 13.2 Å². The van der Waals surface area contributed by atoms with Gasteiger partial charge in [-0.25, -0.2) is 4.79 Å². The normalized spacial score (nSPS) is 20.2. The fraction of sp³-hybridized carbons (Fsp3) is 0.533. The van der Waals surface area contributed by atoms with E-state index in [2.05, 4.69) is 4.99 Å². The average molecular weight is 291 g/mol. The zero-order chi connectivity index (χ0) is 14.0. The third-order valence-electron chi connectivity index (χ3n) is 4.04. The van der Waals surface area contributed by atoms with E-state index >= 15 is 0 Å². The van der Waals surface area contributed by atoms with Gasteiger partial charge in [0.2, 0.25) is 6.08 Å². The molecule has 1 saturated carbocycles. The lowest BCUT2D eigenvalue weighted by atomic mass is 9.72. The Morgan fingerprint density at radius 3 is 2.65 bits per heavy atom. The van der Waals surface area contributed by atoms with Crippen molar-refractivity contribution in [1.82, 2.24) is 0 Å². The molecule has 5 heteroatoms. The van der Waals surface area contributed by atoms with Gasteiger partial charge in [-0.3, -0.25) is 0 Å². The van der Waals surface area contributed by atoms with Crippen LogP contribution >= 0.6 is 11.8 Å². The third kappa shape index (κ3) is 2.32. The van der Waals surface area contributed by atoms with Gasteiger partial charge in [-0.1, -0.05) is 6.07 Å². The first-order valence-corrected chi connectivity index (χ1v) is 7.95. The van der Waals surface area contributed by atoms with Crippen LogP contribution in [0.2, 0.25) is 0 Å². The molecule has 0 spiro atoms. The number of rotatable bonds is 5. The van der Waals surface area contributed by atoms with Crippen LogP contribution in [0.4, 0.5) is 0 Å². The van der Waals surface area contributed by atoms with Crippen LogP contribution in [-0.2, 0) is 10.3 Å². The molecule has 1 saturated heterocycles. The van der Waals surface area contributed by atoms with Crippen molar-refractivity contribution in [3.05, 3.63) is 23.8 Å². The zero-order valence-electron chi connectivity index (χ0n) is 11.4. The molecule has 0 amide bonds. The van der Waals surface area contributed by atoms with Gasteiger partial charge < -0.3 is 9.47 Å². The fourth-order valence-electron chi connectivity index (χ4n) is 2.58. The predicted octanol–water partition coefficient (Wildman–Crippen LogP) is 2.90. The number of ether oxygens (including phenoxy) is 2. The highest BCUT2D eigenvalue weighted by atomic mass is 32.2. The topological polar surface area (TPSA) is 47.9 Å². The van der Waals surface area contributed by atoms with Crippen molar-refractivity contribution in [3.8, 4) is 11.5 Å². The molecule has 1 heterocycles. The summed E-state index contributed by atoms with van der Waals surface area (Å²) in [7, 11) is 1.64. The van der Waals surface area contributed by atoms with Gasteiger partial charge in [0.25, 0.3) is 0 Å². The van der Waals surface area contributed by atoms with E-state index < -0.39 is 0 Å². The summed E-state index contributed by atoms with van der Waals surface area (Å²) in [6.07, 6.45) is 4.87. The highest BCUT2D eigenvalue weighted by molar-refractivity contribution is 8.00. The lowest BCUT2D eigenvalue weighted by Crippen LogP contribution is -2.32. The Labute approximate surface area is 122 Å². The summed E-state index contributed by atoms with van der Waals surface area (Å²) in [5, 5.41) is 0. The smallest absolute Gasteiger partial charge is 0.235 e. The molecule has 0 atom stereocenters. The van der Waals surface area contributed by atoms with Gasteiger partial charge in [0.05, 0.1) is 12.6 Å². The summed E-state index contributed by atoms with van der Waals surface area (Å²) < 4.78 is 11.3. The number of thioether (sulfide) groups is 1. The van der Waals surface area contributed by atoms with Crippen molar-refractivity contribution in [3.63, 3.8) is 0 Å². The van der Waals surface area contributed by atoms with Gasteiger partial charge in [0.15, 0.2) is 11.5 Å². The largest absolute Gasteiger partial charge is 0.493 e. The molecule has 1 aromatic carbocycles. The number of methoxy groups -OCH3 is 1. The fourth-order valence-corrected chi connectivity index (χ4v) is 3.14. The van der Waals surface area contributed by atoms with E-state index in [1.807, 2.05) is 30.0 Å². The van der Waals surface area contributed by atoms with Crippen molar-refractivity contribution in [2.75, 3.05) is 18.6 Å². The van der Waals surface area contributed by atoms with Crippen molar-refractivity contribution in [2.24, 2.45) is 4.99 Å². The zero-order valence-corrected chi connectivity index (χ0v) is 12.2. The van der Waals surface area contributed by atoms with Crippen molar-refractivity contribution >= 4 is 17.8 Å². The molecule has 20 heavy (non-hydrogen) atoms. The Hall–Kier alpha value is -1.45. The van der Waals surface area contributed by atoms with Crippen LogP contribution in [0.5, 0.6) is 11.5 Å². The number of carbonyl (C=O) groups excluding carboxylic acids is 1. The Bertz CT molecular complexity index is 546. The quantitative estimate of drug-likeness (QED) is 0.618. The molecular formula is C15H17NO3S. The molecule has 0 unspecified atom stereocenters. The minimum absolute atomic E-state index is 0.283. The molecule has 1 aromatic rings. The molecular weight excluding hydrogens is 274 g/mol. The van der Waals surface area contributed by atoms with Gasteiger partial charge >= 0.3 is 0 Å². The maximum absolute atomic E-state index is 10.7. The summed E-state index contributed by atoms with van der Waals surface area (Å²) in [4.78, 5) is 14.7. The number of hydrogen-bond donors (Lipinski definition) is 0. The lowest BCUT2D eigenvalue weighted by Gasteiger charge is -2.37. The first-order chi connectivity index (χ1) is 9.77. The molecule has 2 aliphatic rings. The standard InChI is InChI=1S/C15H17NO3S/c1-18-14-7-11(15(16-10-17)5-2-6-15)3-4-13(14)19-12-8-20-9-12/h3-4,7,12H,2,5-6,8-9H2,1H3. The minimum atomic E-state index is -0.389. The van der Waals surface area contributed by atoms with Crippen LogP contribution in [0, 0.1) is 0 Å². The second kappa shape index (κ2) is 5.51. The Balaban J connectivity index is 1.87. The second-order valence-electron chi connectivity index (χ2n) is 5.23. The second-order valence-corrected chi connectivity index (χ2v) is 6.31. The van der Waals surface area contributed by atoms with Crippen LogP contribution in [0.3, 0.4) is 0 Å². The van der Waals surface area contributed by atoms with Gasteiger partial charge in [-0.15, -0.1) is 0 Å². The Morgan fingerprint density at radius 2 is 2.15 bits per heavy atom. The van der Waals surface area contributed by atoms with Gasteiger partial charge in [-0.05, 0) is 37.0 Å². The Kier molecular flexibility index (Phi) is 3.72. The number of isocyanates is 1. The van der Waals surface area contributed by atoms with Crippen LogP contribution < -0.4 is 9.47 Å².